The second kappa shape index (κ2) is 8.97. The topological polar surface area (TPSA) is 37.4 Å². The molecule has 0 saturated carbocycles. The van der Waals surface area contributed by atoms with Crippen LogP contribution in [0.25, 0.3) is 9.88 Å². The fourth-order valence-corrected chi connectivity index (χ4v) is 4.91. The van der Waals surface area contributed by atoms with Crippen LogP contribution >= 0.6 is 35.1 Å². The third-order valence-corrected chi connectivity index (χ3v) is 6.43. The lowest BCUT2D eigenvalue weighted by Gasteiger charge is -2.36. The Labute approximate surface area is 168 Å². The van der Waals surface area contributed by atoms with E-state index in [1.165, 1.54) is 10.4 Å². The summed E-state index contributed by atoms with van der Waals surface area (Å²) in [6, 6.07) is 12.8. The minimum Gasteiger partial charge on any atom is -0.496 e. The molecule has 0 aliphatic carbocycles. The number of benzene rings is 1. The summed E-state index contributed by atoms with van der Waals surface area (Å²) in [5, 5.41) is 8.93. The second-order valence-corrected chi connectivity index (χ2v) is 7.86. The molecule has 138 valence electrons. The molecule has 1 atom stereocenters. The lowest BCUT2D eigenvalue weighted by molar-refractivity contribution is 0.149. The van der Waals surface area contributed by atoms with E-state index in [1.807, 2.05) is 12.1 Å². The van der Waals surface area contributed by atoms with Gasteiger partial charge in [0.25, 0.3) is 0 Å². The van der Waals surface area contributed by atoms with Gasteiger partial charge in [0.15, 0.2) is 0 Å². The van der Waals surface area contributed by atoms with Crippen molar-refractivity contribution in [2.24, 2.45) is 0 Å². The van der Waals surface area contributed by atoms with Crippen LogP contribution in [0.1, 0.15) is 17.3 Å². The first kappa shape index (κ1) is 19.3. The largest absolute Gasteiger partial charge is 0.496 e. The van der Waals surface area contributed by atoms with E-state index in [0.29, 0.717) is 6.04 Å². The van der Waals surface area contributed by atoms with Gasteiger partial charge < -0.3 is 10.1 Å². The monoisotopic (exact) mass is 407 g/mol. The standard InChI is InChI=1S/C19H21N3OS2.ClH/c1-23-17-6-3-2-5-15(17)16-11-20-8-9-22(16)12-14-13-25-19(21-14)18-7-4-10-24-18;/h2-7,10,13,16,20H,8-9,11-12H2,1H3;1H. The summed E-state index contributed by atoms with van der Waals surface area (Å²) < 4.78 is 5.58. The summed E-state index contributed by atoms with van der Waals surface area (Å²) >= 11 is 3.48. The van der Waals surface area contributed by atoms with Crippen molar-refractivity contribution in [3.05, 3.63) is 58.4 Å². The molecule has 7 heteroatoms. The van der Waals surface area contributed by atoms with Crippen LogP contribution in [0.3, 0.4) is 0 Å². The van der Waals surface area contributed by atoms with Crippen molar-refractivity contribution in [1.82, 2.24) is 15.2 Å². The fraction of sp³-hybridized carbons (Fsp3) is 0.316. The Balaban J connectivity index is 0.00000196. The van der Waals surface area contributed by atoms with Gasteiger partial charge in [-0.15, -0.1) is 35.1 Å². The van der Waals surface area contributed by atoms with E-state index < -0.39 is 0 Å². The van der Waals surface area contributed by atoms with Gasteiger partial charge in [-0.25, -0.2) is 4.98 Å². The number of halogens is 1. The number of methoxy groups -OCH3 is 1. The molecular weight excluding hydrogens is 386 g/mol. The maximum absolute atomic E-state index is 5.58. The highest BCUT2D eigenvalue weighted by Crippen LogP contribution is 2.32. The Morgan fingerprint density at radius 1 is 1.23 bits per heavy atom. The average Bonchev–Trinajstić information content (AvgIpc) is 3.34. The number of ether oxygens (including phenoxy) is 1. The molecule has 1 unspecified atom stereocenters. The summed E-state index contributed by atoms with van der Waals surface area (Å²) in [5.41, 5.74) is 2.39. The van der Waals surface area contributed by atoms with E-state index >= 15 is 0 Å². The van der Waals surface area contributed by atoms with Crippen molar-refractivity contribution in [3.8, 4) is 15.6 Å². The highest BCUT2D eigenvalue weighted by atomic mass is 35.5. The normalized spacial score (nSPS) is 17.7. The van der Waals surface area contributed by atoms with Crippen LogP contribution in [0.4, 0.5) is 0 Å². The van der Waals surface area contributed by atoms with Gasteiger partial charge in [0.2, 0.25) is 0 Å². The predicted molar refractivity (Wildman–Crippen MR) is 112 cm³/mol. The number of hydrogen-bond donors (Lipinski definition) is 1. The molecule has 1 aliphatic heterocycles. The molecule has 2 aromatic heterocycles. The Hall–Kier alpha value is -1.44. The molecule has 3 heterocycles. The van der Waals surface area contributed by atoms with Gasteiger partial charge in [-0.1, -0.05) is 24.3 Å². The maximum Gasteiger partial charge on any atom is 0.133 e. The molecule has 26 heavy (non-hydrogen) atoms. The molecule has 0 radical (unpaired) electrons. The number of para-hydroxylation sites is 1. The number of hydrogen-bond acceptors (Lipinski definition) is 6. The summed E-state index contributed by atoms with van der Waals surface area (Å²) in [6.07, 6.45) is 0. The first-order valence-corrected chi connectivity index (χ1v) is 10.2. The molecule has 0 bridgehead atoms. The molecule has 1 aliphatic rings. The minimum absolute atomic E-state index is 0. The number of rotatable bonds is 5. The van der Waals surface area contributed by atoms with Crippen LogP contribution in [-0.4, -0.2) is 36.6 Å². The van der Waals surface area contributed by atoms with Crippen molar-refractivity contribution < 1.29 is 4.74 Å². The van der Waals surface area contributed by atoms with Gasteiger partial charge in [-0.2, -0.15) is 0 Å². The fourth-order valence-electron chi connectivity index (χ4n) is 3.29. The smallest absolute Gasteiger partial charge is 0.133 e. The molecule has 1 saturated heterocycles. The maximum atomic E-state index is 5.58. The van der Waals surface area contributed by atoms with Crippen molar-refractivity contribution in [2.75, 3.05) is 26.7 Å². The van der Waals surface area contributed by atoms with Gasteiger partial charge in [0.1, 0.15) is 10.8 Å². The summed E-state index contributed by atoms with van der Waals surface area (Å²) in [4.78, 5) is 8.60. The predicted octanol–water partition coefficient (Wildman–Crippen LogP) is 4.45. The first-order valence-electron chi connectivity index (χ1n) is 8.41. The Bertz CT molecular complexity index is 822. The van der Waals surface area contributed by atoms with Gasteiger partial charge in [0.05, 0.1) is 23.7 Å². The summed E-state index contributed by atoms with van der Waals surface area (Å²) in [5.74, 6) is 0.957. The summed E-state index contributed by atoms with van der Waals surface area (Å²) in [7, 11) is 1.74. The van der Waals surface area contributed by atoms with E-state index in [9.17, 15) is 0 Å². The van der Waals surface area contributed by atoms with E-state index in [1.54, 1.807) is 29.8 Å². The van der Waals surface area contributed by atoms with Crippen molar-refractivity contribution in [3.63, 3.8) is 0 Å². The van der Waals surface area contributed by atoms with E-state index in [-0.39, 0.29) is 12.4 Å². The quantitative estimate of drug-likeness (QED) is 0.678. The minimum atomic E-state index is 0. The van der Waals surface area contributed by atoms with Crippen molar-refractivity contribution in [1.29, 1.82) is 0 Å². The number of piperazine rings is 1. The molecule has 4 rings (SSSR count). The van der Waals surface area contributed by atoms with Crippen LogP contribution in [0, 0.1) is 0 Å². The van der Waals surface area contributed by atoms with Gasteiger partial charge in [0, 0.05) is 37.1 Å². The summed E-state index contributed by atoms with van der Waals surface area (Å²) in [6.45, 7) is 3.82. The third kappa shape index (κ3) is 4.10. The van der Waals surface area contributed by atoms with Crippen LogP contribution in [0.15, 0.2) is 47.2 Å². The Morgan fingerprint density at radius 2 is 2.12 bits per heavy atom. The zero-order valence-electron chi connectivity index (χ0n) is 14.6. The molecule has 1 fully saturated rings. The van der Waals surface area contributed by atoms with E-state index in [4.69, 9.17) is 9.72 Å². The van der Waals surface area contributed by atoms with Gasteiger partial charge in [-0.3, -0.25) is 4.90 Å². The van der Waals surface area contributed by atoms with E-state index in [0.717, 1.165) is 42.6 Å². The lowest BCUT2D eigenvalue weighted by Crippen LogP contribution is -2.45. The zero-order valence-corrected chi connectivity index (χ0v) is 17.0. The third-order valence-electron chi connectivity index (χ3n) is 4.50. The van der Waals surface area contributed by atoms with E-state index in [2.05, 4.69) is 45.2 Å². The Kier molecular flexibility index (Phi) is 6.67. The molecule has 0 amide bonds. The number of thiophene rings is 1. The zero-order chi connectivity index (χ0) is 17.1. The average molecular weight is 408 g/mol. The molecule has 3 aromatic rings. The van der Waals surface area contributed by atoms with Crippen LogP contribution in [-0.2, 0) is 6.54 Å². The molecule has 0 spiro atoms. The highest BCUT2D eigenvalue weighted by Gasteiger charge is 2.26. The number of aromatic nitrogens is 1. The van der Waals surface area contributed by atoms with Crippen LogP contribution < -0.4 is 10.1 Å². The van der Waals surface area contributed by atoms with Crippen LogP contribution in [0.5, 0.6) is 5.75 Å². The number of thiazole rings is 1. The number of nitrogens with zero attached hydrogens (tertiary/aromatic N) is 2. The molecular formula is C19H22ClN3OS2. The van der Waals surface area contributed by atoms with Gasteiger partial charge in [-0.05, 0) is 17.5 Å². The van der Waals surface area contributed by atoms with Crippen molar-refractivity contribution >= 4 is 35.1 Å². The molecule has 4 nitrogen and oxygen atoms in total. The van der Waals surface area contributed by atoms with Crippen molar-refractivity contribution in [2.45, 2.75) is 12.6 Å². The molecule has 1 aromatic carbocycles. The number of nitrogens with one attached hydrogen (secondary N) is 1. The van der Waals surface area contributed by atoms with Crippen LogP contribution in [0.2, 0.25) is 0 Å². The highest BCUT2D eigenvalue weighted by molar-refractivity contribution is 7.20. The van der Waals surface area contributed by atoms with Gasteiger partial charge >= 0.3 is 0 Å². The SMILES string of the molecule is COc1ccccc1C1CNCCN1Cc1csc(-c2cccs2)n1.Cl. The first-order chi connectivity index (χ1) is 12.3. The second-order valence-electron chi connectivity index (χ2n) is 6.05. The Morgan fingerprint density at radius 3 is 2.92 bits per heavy atom. The molecule has 1 N–H and O–H groups in total. The lowest BCUT2D eigenvalue weighted by atomic mass is 10.0.